The summed E-state index contributed by atoms with van der Waals surface area (Å²) in [5.74, 6) is 0. The third kappa shape index (κ3) is 6.61. The van der Waals surface area contributed by atoms with Gasteiger partial charge in [-0.15, -0.1) is 0 Å². The zero-order valence-corrected chi connectivity index (χ0v) is 29.0. The molecule has 0 saturated heterocycles. The molecule has 0 unspecified atom stereocenters. The van der Waals surface area contributed by atoms with Crippen molar-refractivity contribution in [2.45, 2.75) is 53.9 Å². The maximum Gasteiger partial charge on any atom is 0.0766 e. The summed E-state index contributed by atoms with van der Waals surface area (Å²) < 4.78 is 0. The van der Waals surface area contributed by atoms with Gasteiger partial charge in [0.1, 0.15) is 0 Å². The summed E-state index contributed by atoms with van der Waals surface area (Å²) in [4.78, 5) is 4.64. The van der Waals surface area contributed by atoms with Gasteiger partial charge in [-0.2, -0.15) is 5.26 Å². The van der Waals surface area contributed by atoms with Gasteiger partial charge in [-0.1, -0.05) is 89.5 Å². The molecule has 0 N–H and O–H groups in total. The number of aryl methyl sites for hydroxylation is 5. The Morgan fingerprint density at radius 2 is 0.792 bits per heavy atom. The SMILES string of the molecule is Cc1ccc(N(c2ccc(-c3ccc(N(c4ccc(C)cc4)c4ccc(C(C)(C)C#N)cc4C)cc3)cc2)c2ccc(C)cc2C)cc1. The third-order valence-electron chi connectivity index (χ3n) is 9.20. The lowest BCUT2D eigenvalue weighted by atomic mass is 9.85. The maximum atomic E-state index is 9.73. The zero-order valence-electron chi connectivity index (χ0n) is 29.0. The van der Waals surface area contributed by atoms with Gasteiger partial charge in [0.25, 0.3) is 0 Å². The van der Waals surface area contributed by atoms with Crippen molar-refractivity contribution in [2.75, 3.05) is 9.80 Å². The maximum absolute atomic E-state index is 9.73. The molecule has 0 aliphatic rings. The fraction of sp³-hybridized carbons (Fsp3) is 0.178. The van der Waals surface area contributed by atoms with Crippen molar-refractivity contribution < 1.29 is 0 Å². The van der Waals surface area contributed by atoms with E-state index >= 15 is 0 Å². The standard InChI is InChI=1S/C45H43N3/c1-31-8-18-39(19-9-31)47(43-26-12-33(3)28-34(43)4)41-22-13-36(14-23-41)37-15-24-42(25-16-37)48(40-20-10-32(2)11-21-40)44-27-17-38(29-35(44)5)45(6,7)30-46/h8-29H,1-7H3. The summed E-state index contributed by atoms with van der Waals surface area (Å²) >= 11 is 0. The summed E-state index contributed by atoms with van der Waals surface area (Å²) in [5.41, 5.74) is 15.6. The fourth-order valence-corrected chi connectivity index (χ4v) is 6.26. The lowest BCUT2D eigenvalue weighted by molar-refractivity contribution is 0.686. The molecule has 0 fully saturated rings. The average molecular weight is 626 g/mol. The number of hydrogen-bond acceptors (Lipinski definition) is 3. The van der Waals surface area contributed by atoms with E-state index in [1.807, 2.05) is 13.8 Å². The first-order chi connectivity index (χ1) is 23.0. The summed E-state index contributed by atoms with van der Waals surface area (Å²) in [6.45, 7) is 14.6. The summed E-state index contributed by atoms with van der Waals surface area (Å²) in [6, 6.07) is 50.5. The second-order valence-electron chi connectivity index (χ2n) is 13.5. The summed E-state index contributed by atoms with van der Waals surface area (Å²) in [6.07, 6.45) is 0. The first-order valence-corrected chi connectivity index (χ1v) is 16.6. The minimum atomic E-state index is -0.550. The zero-order chi connectivity index (χ0) is 34.0. The lowest BCUT2D eigenvalue weighted by Gasteiger charge is -2.28. The molecule has 0 amide bonds. The van der Waals surface area contributed by atoms with Gasteiger partial charge in [0.05, 0.1) is 11.5 Å². The largest absolute Gasteiger partial charge is 0.310 e. The van der Waals surface area contributed by atoms with Gasteiger partial charge in [-0.3, -0.25) is 0 Å². The average Bonchev–Trinajstić information content (AvgIpc) is 3.09. The van der Waals surface area contributed by atoms with Crippen LogP contribution >= 0.6 is 0 Å². The van der Waals surface area contributed by atoms with Crippen LogP contribution in [0.2, 0.25) is 0 Å². The molecule has 48 heavy (non-hydrogen) atoms. The predicted molar refractivity (Wildman–Crippen MR) is 204 cm³/mol. The predicted octanol–water partition coefficient (Wildman–Crippen LogP) is 12.6. The Bertz CT molecular complexity index is 2080. The highest BCUT2D eigenvalue weighted by Crippen LogP contribution is 2.40. The highest BCUT2D eigenvalue weighted by Gasteiger charge is 2.22. The van der Waals surface area contributed by atoms with Crippen LogP contribution in [-0.2, 0) is 5.41 Å². The molecular formula is C45H43N3. The Hall–Kier alpha value is -5.59. The molecule has 0 aliphatic carbocycles. The second-order valence-corrected chi connectivity index (χ2v) is 13.5. The van der Waals surface area contributed by atoms with Gasteiger partial charge in [-0.25, -0.2) is 0 Å². The van der Waals surface area contributed by atoms with Crippen molar-refractivity contribution in [3.05, 3.63) is 167 Å². The Morgan fingerprint density at radius 1 is 0.438 bits per heavy atom. The van der Waals surface area contributed by atoms with Crippen LogP contribution in [0.1, 0.15) is 47.2 Å². The van der Waals surface area contributed by atoms with E-state index in [1.54, 1.807) is 0 Å². The van der Waals surface area contributed by atoms with E-state index in [0.29, 0.717) is 0 Å². The van der Waals surface area contributed by atoms with Crippen LogP contribution in [0.25, 0.3) is 11.1 Å². The van der Waals surface area contributed by atoms with E-state index in [4.69, 9.17) is 0 Å². The number of hydrogen-bond donors (Lipinski definition) is 0. The molecule has 0 heterocycles. The van der Waals surface area contributed by atoms with Gasteiger partial charge in [-0.05, 0) is 137 Å². The van der Waals surface area contributed by atoms with Gasteiger partial charge < -0.3 is 9.80 Å². The molecular weight excluding hydrogens is 583 g/mol. The number of rotatable bonds is 8. The molecule has 0 radical (unpaired) electrons. The van der Waals surface area contributed by atoms with Crippen molar-refractivity contribution in [1.82, 2.24) is 0 Å². The smallest absolute Gasteiger partial charge is 0.0766 e. The van der Waals surface area contributed by atoms with Gasteiger partial charge in [0.2, 0.25) is 0 Å². The summed E-state index contributed by atoms with van der Waals surface area (Å²) in [5, 5.41) is 9.73. The molecule has 0 spiro atoms. The molecule has 3 heteroatoms. The van der Waals surface area contributed by atoms with Crippen LogP contribution in [0, 0.1) is 45.9 Å². The Kier molecular flexibility index (Phi) is 8.94. The molecule has 0 bridgehead atoms. The van der Waals surface area contributed by atoms with Crippen molar-refractivity contribution >= 4 is 34.1 Å². The van der Waals surface area contributed by atoms with E-state index in [-0.39, 0.29) is 0 Å². The molecule has 6 aromatic carbocycles. The molecule has 238 valence electrons. The van der Waals surface area contributed by atoms with Crippen molar-refractivity contribution in [3.63, 3.8) is 0 Å². The van der Waals surface area contributed by atoms with E-state index in [2.05, 4.69) is 184 Å². The Balaban J connectivity index is 1.35. The minimum Gasteiger partial charge on any atom is -0.310 e. The van der Waals surface area contributed by atoms with Gasteiger partial charge in [0, 0.05) is 34.1 Å². The monoisotopic (exact) mass is 625 g/mol. The Labute approximate surface area is 286 Å². The van der Waals surface area contributed by atoms with Gasteiger partial charge >= 0.3 is 0 Å². The first kappa shape index (κ1) is 32.4. The van der Waals surface area contributed by atoms with E-state index in [9.17, 15) is 5.26 Å². The Morgan fingerprint density at radius 3 is 1.17 bits per heavy atom. The number of nitrogens with zero attached hydrogens (tertiary/aromatic N) is 3. The first-order valence-electron chi connectivity index (χ1n) is 16.6. The van der Waals surface area contributed by atoms with Crippen molar-refractivity contribution in [3.8, 4) is 17.2 Å². The molecule has 0 aromatic heterocycles. The van der Waals surface area contributed by atoms with Crippen LogP contribution in [0.5, 0.6) is 0 Å². The fourth-order valence-electron chi connectivity index (χ4n) is 6.26. The topological polar surface area (TPSA) is 30.3 Å². The molecule has 0 atom stereocenters. The van der Waals surface area contributed by atoms with Gasteiger partial charge in [0.15, 0.2) is 0 Å². The second kappa shape index (κ2) is 13.3. The number of anilines is 6. The molecule has 6 rings (SSSR count). The van der Waals surface area contributed by atoms with Crippen LogP contribution in [0.15, 0.2) is 133 Å². The van der Waals surface area contributed by atoms with E-state index in [0.717, 1.165) is 50.7 Å². The highest BCUT2D eigenvalue weighted by atomic mass is 15.1. The molecule has 3 nitrogen and oxygen atoms in total. The van der Waals surface area contributed by atoms with Crippen LogP contribution in [-0.4, -0.2) is 0 Å². The quantitative estimate of drug-likeness (QED) is 0.169. The van der Waals surface area contributed by atoms with E-state index in [1.165, 1.54) is 27.9 Å². The lowest BCUT2D eigenvalue weighted by Crippen LogP contribution is -2.16. The van der Waals surface area contributed by atoms with Crippen molar-refractivity contribution in [2.24, 2.45) is 0 Å². The third-order valence-corrected chi connectivity index (χ3v) is 9.20. The number of nitriles is 1. The minimum absolute atomic E-state index is 0.550. The van der Waals surface area contributed by atoms with Crippen LogP contribution in [0.3, 0.4) is 0 Å². The number of benzene rings is 6. The van der Waals surface area contributed by atoms with Crippen molar-refractivity contribution in [1.29, 1.82) is 5.26 Å². The van der Waals surface area contributed by atoms with Crippen LogP contribution < -0.4 is 9.80 Å². The molecule has 0 aliphatic heterocycles. The van der Waals surface area contributed by atoms with E-state index < -0.39 is 5.41 Å². The van der Waals surface area contributed by atoms with Crippen LogP contribution in [0.4, 0.5) is 34.1 Å². The molecule has 0 saturated carbocycles. The normalized spacial score (nSPS) is 11.2. The molecule has 6 aromatic rings. The highest BCUT2D eigenvalue weighted by molar-refractivity contribution is 5.82. The summed E-state index contributed by atoms with van der Waals surface area (Å²) in [7, 11) is 0.